The number of esters is 1. The normalized spacial score (nSPS) is 9.42. The molecule has 0 bridgehead atoms. The lowest BCUT2D eigenvalue weighted by Gasteiger charge is -1.95. The molecule has 0 aliphatic rings. The van der Waals surface area contributed by atoms with Gasteiger partial charge in [0.2, 0.25) is 0 Å². The average Bonchev–Trinajstić information content (AvgIpc) is 2.51. The van der Waals surface area contributed by atoms with E-state index in [0.29, 0.717) is 6.29 Å². The molecule has 0 amide bonds. The van der Waals surface area contributed by atoms with Crippen molar-refractivity contribution in [2.45, 2.75) is 6.92 Å². The van der Waals surface area contributed by atoms with E-state index in [1.54, 1.807) is 6.92 Å². The number of hydrogen-bond acceptors (Lipinski definition) is 5. The second kappa shape index (κ2) is 3.66. The van der Waals surface area contributed by atoms with Crippen molar-refractivity contribution in [2.24, 2.45) is 0 Å². The zero-order chi connectivity index (χ0) is 8.97. The summed E-state index contributed by atoms with van der Waals surface area (Å²) in [6, 6.07) is 0. The zero-order valence-corrected chi connectivity index (χ0v) is 6.44. The van der Waals surface area contributed by atoms with Gasteiger partial charge in [0.1, 0.15) is 0 Å². The third-order valence-electron chi connectivity index (χ3n) is 1.19. The van der Waals surface area contributed by atoms with Crippen LogP contribution in [0.2, 0.25) is 0 Å². The second-order valence-electron chi connectivity index (χ2n) is 1.95. The highest BCUT2D eigenvalue weighted by Gasteiger charge is 2.16. The lowest BCUT2D eigenvalue weighted by Crippen LogP contribution is -2.05. The fourth-order valence-electron chi connectivity index (χ4n) is 0.683. The standard InChI is InChI=1S/C7H7NO4/c1-2-11-7(10)6-5(4-9)3-8-12-6/h3-4H,2H2,1H3. The van der Waals surface area contributed by atoms with Gasteiger partial charge in [-0.3, -0.25) is 4.79 Å². The number of ether oxygens (including phenoxy) is 1. The molecular formula is C7H7NO4. The van der Waals surface area contributed by atoms with E-state index < -0.39 is 5.97 Å². The molecule has 1 aromatic rings. The molecule has 0 unspecified atom stereocenters. The van der Waals surface area contributed by atoms with Gasteiger partial charge in [-0.25, -0.2) is 4.79 Å². The first-order valence-electron chi connectivity index (χ1n) is 3.36. The minimum atomic E-state index is -0.669. The Morgan fingerprint density at radius 1 is 1.83 bits per heavy atom. The van der Waals surface area contributed by atoms with Gasteiger partial charge < -0.3 is 9.26 Å². The van der Waals surface area contributed by atoms with Gasteiger partial charge in [0.05, 0.1) is 18.4 Å². The van der Waals surface area contributed by atoms with Gasteiger partial charge in [-0.05, 0) is 6.92 Å². The van der Waals surface area contributed by atoms with Crippen molar-refractivity contribution >= 4 is 12.3 Å². The number of hydrogen-bond donors (Lipinski definition) is 0. The van der Waals surface area contributed by atoms with Crippen molar-refractivity contribution in [3.8, 4) is 0 Å². The Hall–Kier alpha value is -1.65. The van der Waals surface area contributed by atoms with E-state index in [1.807, 2.05) is 0 Å². The topological polar surface area (TPSA) is 69.4 Å². The molecule has 12 heavy (non-hydrogen) atoms. The van der Waals surface area contributed by atoms with E-state index in [9.17, 15) is 9.59 Å². The fourth-order valence-corrected chi connectivity index (χ4v) is 0.683. The SMILES string of the molecule is CCOC(=O)c1oncc1C=O. The number of aromatic nitrogens is 1. The van der Waals surface area contributed by atoms with Crippen LogP contribution in [0.1, 0.15) is 27.8 Å². The van der Waals surface area contributed by atoms with Crippen LogP contribution in [0, 0.1) is 0 Å². The van der Waals surface area contributed by atoms with Crippen LogP contribution in [0.3, 0.4) is 0 Å². The molecule has 0 aromatic carbocycles. The number of nitrogens with zero attached hydrogens (tertiary/aromatic N) is 1. The zero-order valence-electron chi connectivity index (χ0n) is 6.44. The highest BCUT2D eigenvalue weighted by Crippen LogP contribution is 2.06. The van der Waals surface area contributed by atoms with Gasteiger partial charge in [0.25, 0.3) is 5.76 Å². The molecule has 5 heteroatoms. The summed E-state index contributed by atoms with van der Waals surface area (Å²) in [6.07, 6.45) is 1.65. The number of carbonyl (C=O) groups is 2. The van der Waals surface area contributed by atoms with Crippen LogP contribution in [0.15, 0.2) is 10.7 Å². The molecule has 5 nitrogen and oxygen atoms in total. The first kappa shape index (κ1) is 8.45. The number of aldehydes is 1. The number of carbonyl (C=O) groups excluding carboxylic acids is 2. The maximum absolute atomic E-state index is 11.0. The Morgan fingerprint density at radius 2 is 2.58 bits per heavy atom. The van der Waals surface area contributed by atoms with E-state index in [2.05, 4.69) is 14.4 Å². The van der Waals surface area contributed by atoms with E-state index in [0.717, 1.165) is 0 Å². The van der Waals surface area contributed by atoms with Gasteiger partial charge in [-0.1, -0.05) is 5.16 Å². The van der Waals surface area contributed by atoms with Crippen LogP contribution >= 0.6 is 0 Å². The largest absolute Gasteiger partial charge is 0.460 e. The maximum atomic E-state index is 11.0. The Kier molecular flexibility index (Phi) is 2.57. The molecule has 0 N–H and O–H groups in total. The molecule has 0 aliphatic heterocycles. The van der Waals surface area contributed by atoms with Crippen molar-refractivity contribution in [2.75, 3.05) is 6.61 Å². The molecule has 0 saturated heterocycles. The van der Waals surface area contributed by atoms with Crippen molar-refractivity contribution in [1.82, 2.24) is 5.16 Å². The van der Waals surface area contributed by atoms with Crippen molar-refractivity contribution < 1.29 is 18.8 Å². The van der Waals surface area contributed by atoms with Gasteiger partial charge in [0, 0.05) is 0 Å². The summed E-state index contributed by atoms with van der Waals surface area (Å²) in [5.74, 6) is -0.816. The summed E-state index contributed by atoms with van der Waals surface area (Å²) in [7, 11) is 0. The van der Waals surface area contributed by atoms with Gasteiger partial charge in [-0.2, -0.15) is 0 Å². The second-order valence-corrected chi connectivity index (χ2v) is 1.95. The van der Waals surface area contributed by atoms with Crippen molar-refractivity contribution in [3.05, 3.63) is 17.5 Å². The Bertz CT molecular complexity index is 291. The molecule has 0 aliphatic carbocycles. The van der Waals surface area contributed by atoms with E-state index >= 15 is 0 Å². The first-order chi connectivity index (χ1) is 5.79. The Morgan fingerprint density at radius 3 is 3.17 bits per heavy atom. The highest BCUT2D eigenvalue weighted by molar-refractivity contribution is 5.95. The van der Waals surface area contributed by atoms with Gasteiger partial charge in [-0.15, -0.1) is 0 Å². The molecule has 1 heterocycles. The maximum Gasteiger partial charge on any atom is 0.377 e. The molecule has 0 saturated carbocycles. The molecule has 1 aromatic heterocycles. The lowest BCUT2D eigenvalue weighted by atomic mass is 10.3. The average molecular weight is 169 g/mol. The molecule has 0 radical (unpaired) electrons. The van der Waals surface area contributed by atoms with Crippen LogP contribution in [0.25, 0.3) is 0 Å². The van der Waals surface area contributed by atoms with Crippen LogP contribution < -0.4 is 0 Å². The smallest absolute Gasteiger partial charge is 0.377 e. The molecule has 0 spiro atoms. The highest BCUT2D eigenvalue weighted by atomic mass is 16.6. The molecule has 64 valence electrons. The van der Waals surface area contributed by atoms with Gasteiger partial charge >= 0.3 is 5.97 Å². The van der Waals surface area contributed by atoms with Crippen molar-refractivity contribution in [1.29, 1.82) is 0 Å². The summed E-state index contributed by atoms with van der Waals surface area (Å²) in [5.41, 5.74) is 0.105. The summed E-state index contributed by atoms with van der Waals surface area (Å²) in [5, 5.41) is 3.29. The predicted molar refractivity (Wildman–Crippen MR) is 37.8 cm³/mol. The van der Waals surface area contributed by atoms with E-state index in [4.69, 9.17) is 0 Å². The Balaban J connectivity index is 2.86. The fraction of sp³-hybridized carbons (Fsp3) is 0.286. The van der Waals surface area contributed by atoms with Crippen LogP contribution in [-0.2, 0) is 4.74 Å². The molecule has 0 fully saturated rings. The van der Waals surface area contributed by atoms with E-state index in [-0.39, 0.29) is 17.9 Å². The summed E-state index contributed by atoms with van der Waals surface area (Å²) < 4.78 is 9.11. The predicted octanol–water partition coefficient (Wildman–Crippen LogP) is 0.664. The van der Waals surface area contributed by atoms with Crippen molar-refractivity contribution in [3.63, 3.8) is 0 Å². The molecule has 1 rings (SSSR count). The van der Waals surface area contributed by atoms with Crippen LogP contribution in [0.5, 0.6) is 0 Å². The third-order valence-corrected chi connectivity index (χ3v) is 1.19. The van der Waals surface area contributed by atoms with E-state index in [1.165, 1.54) is 6.20 Å². The summed E-state index contributed by atoms with van der Waals surface area (Å²) in [6.45, 7) is 1.90. The van der Waals surface area contributed by atoms with Crippen LogP contribution in [0.4, 0.5) is 0 Å². The van der Waals surface area contributed by atoms with Crippen LogP contribution in [-0.4, -0.2) is 24.0 Å². The lowest BCUT2D eigenvalue weighted by molar-refractivity contribution is 0.0477. The molecule has 0 atom stereocenters. The first-order valence-corrected chi connectivity index (χ1v) is 3.36. The quantitative estimate of drug-likeness (QED) is 0.491. The molecular weight excluding hydrogens is 162 g/mol. The minimum absolute atomic E-state index is 0.105. The Labute approximate surface area is 68.3 Å². The van der Waals surface area contributed by atoms with Gasteiger partial charge in [0.15, 0.2) is 6.29 Å². The number of rotatable bonds is 3. The monoisotopic (exact) mass is 169 g/mol. The summed E-state index contributed by atoms with van der Waals surface area (Å²) in [4.78, 5) is 21.3. The third kappa shape index (κ3) is 1.50. The minimum Gasteiger partial charge on any atom is -0.460 e. The summed E-state index contributed by atoms with van der Waals surface area (Å²) >= 11 is 0.